The van der Waals surface area contributed by atoms with Crippen LogP contribution in [0.1, 0.15) is 65.7 Å². The molecule has 0 radical (unpaired) electrons. The van der Waals surface area contributed by atoms with Gasteiger partial charge in [0.1, 0.15) is 6.29 Å². The van der Waals surface area contributed by atoms with Gasteiger partial charge in [-0.15, -0.1) is 0 Å². The Kier molecular flexibility index (Phi) is 12.0. The summed E-state index contributed by atoms with van der Waals surface area (Å²) in [5.41, 5.74) is 0. The Labute approximate surface area is 207 Å². The molecule has 8 heteroatoms. The molecule has 3 unspecified atom stereocenters. The average molecular weight is 483 g/mol. The van der Waals surface area contributed by atoms with E-state index in [9.17, 15) is 4.79 Å². The Morgan fingerprint density at radius 3 is 2.29 bits per heavy atom. The number of hydrogen-bond donors (Lipinski definition) is 3. The van der Waals surface area contributed by atoms with Crippen LogP contribution in [-0.4, -0.2) is 88.5 Å². The van der Waals surface area contributed by atoms with E-state index < -0.39 is 0 Å². The van der Waals surface area contributed by atoms with E-state index in [-0.39, 0.29) is 30.3 Å². The minimum atomic E-state index is -0.199. The van der Waals surface area contributed by atoms with Crippen molar-refractivity contribution < 1.29 is 19.0 Å². The number of carbonyl (C=O) groups is 1. The van der Waals surface area contributed by atoms with Crippen LogP contribution >= 0.6 is 0 Å². The monoisotopic (exact) mass is 482 g/mol. The van der Waals surface area contributed by atoms with Crippen molar-refractivity contribution in [2.45, 2.75) is 90.3 Å². The van der Waals surface area contributed by atoms with E-state index in [1.807, 2.05) is 14.0 Å². The molecule has 2 aliphatic carbocycles. The highest BCUT2D eigenvalue weighted by atomic mass is 16.5. The predicted octanol–water partition coefficient (Wildman–Crippen LogP) is 2.33. The second-order valence-electron chi connectivity index (χ2n) is 10.3. The van der Waals surface area contributed by atoms with E-state index in [1.165, 1.54) is 25.7 Å². The van der Waals surface area contributed by atoms with Crippen LogP contribution in [0.2, 0.25) is 0 Å². The van der Waals surface area contributed by atoms with Crippen LogP contribution in [0.15, 0.2) is 0 Å². The molecule has 3 N–H and O–H groups in total. The second-order valence-corrected chi connectivity index (χ2v) is 10.3. The molecule has 0 aromatic rings. The number of methoxy groups -OCH3 is 1. The minimum absolute atomic E-state index is 0.0495. The molecule has 3 aliphatic rings. The van der Waals surface area contributed by atoms with Crippen LogP contribution in [0.5, 0.6) is 0 Å². The Morgan fingerprint density at radius 2 is 1.68 bits per heavy atom. The van der Waals surface area contributed by atoms with Crippen LogP contribution in [0.3, 0.4) is 0 Å². The van der Waals surface area contributed by atoms with Gasteiger partial charge < -0.3 is 19.1 Å². The highest BCUT2D eigenvalue weighted by molar-refractivity contribution is 5.73. The number of ether oxygens (including phenoxy) is 3. The molecule has 34 heavy (non-hydrogen) atoms. The topological polar surface area (TPSA) is 84.1 Å². The van der Waals surface area contributed by atoms with Gasteiger partial charge in [0.05, 0.1) is 31.3 Å². The molecule has 198 valence electrons. The van der Waals surface area contributed by atoms with E-state index in [4.69, 9.17) is 14.2 Å². The fraction of sp³-hybridized carbons (Fsp3) is 0.962. The predicted molar refractivity (Wildman–Crippen MR) is 134 cm³/mol. The molecule has 0 bridgehead atoms. The van der Waals surface area contributed by atoms with Gasteiger partial charge in [-0.2, -0.15) is 0 Å². The molecular weight excluding hydrogens is 432 g/mol. The lowest BCUT2D eigenvalue weighted by atomic mass is 9.78. The van der Waals surface area contributed by atoms with Crippen molar-refractivity contribution in [2.75, 3.05) is 53.0 Å². The first-order chi connectivity index (χ1) is 16.6. The van der Waals surface area contributed by atoms with Crippen molar-refractivity contribution in [1.29, 1.82) is 0 Å². The zero-order valence-electron chi connectivity index (χ0n) is 22.0. The molecule has 2 saturated carbocycles. The summed E-state index contributed by atoms with van der Waals surface area (Å²) in [4.78, 5) is 15.1. The van der Waals surface area contributed by atoms with Crippen LogP contribution in [0, 0.1) is 17.8 Å². The zero-order chi connectivity index (χ0) is 24.3. The number of nitrogens with one attached hydrogen (secondary N) is 3. The Hall–Kier alpha value is -0.770. The molecule has 1 aliphatic heterocycles. The maximum Gasteiger partial charge on any atom is 0.311 e. The molecule has 0 aromatic carbocycles. The summed E-state index contributed by atoms with van der Waals surface area (Å²) in [6.07, 6.45) is 8.08. The van der Waals surface area contributed by atoms with Crippen LogP contribution in [0.25, 0.3) is 0 Å². The maximum atomic E-state index is 12.7. The maximum absolute atomic E-state index is 12.7. The Balaban J connectivity index is 1.43. The quantitative estimate of drug-likeness (QED) is 0.366. The van der Waals surface area contributed by atoms with Gasteiger partial charge in [-0.25, -0.2) is 0 Å². The van der Waals surface area contributed by atoms with E-state index in [0.29, 0.717) is 25.2 Å². The van der Waals surface area contributed by atoms with Gasteiger partial charge in [-0.1, -0.05) is 13.8 Å². The smallest absolute Gasteiger partial charge is 0.311 e. The van der Waals surface area contributed by atoms with Crippen molar-refractivity contribution in [1.82, 2.24) is 20.9 Å². The van der Waals surface area contributed by atoms with Crippen LogP contribution in [0.4, 0.5) is 0 Å². The van der Waals surface area contributed by atoms with Crippen molar-refractivity contribution in [3.63, 3.8) is 0 Å². The third kappa shape index (κ3) is 8.14. The van der Waals surface area contributed by atoms with Gasteiger partial charge >= 0.3 is 5.97 Å². The van der Waals surface area contributed by atoms with Crippen LogP contribution in [-0.2, 0) is 19.0 Å². The lowest BCUT2D eigenvalue weighted by Gasteiger charge is -2.41. The molecule has 3 rings (SSSR count). The molecular formula is C26H50N4O4. The number of esters is 1. The van der Waals surface area contributed by atoms with Gasteiger partial charge in [-0.05, 0) is 76.8 Å². The number of likely N-dealkylation sites (N-methyl/N-ethyl adjacent to an activating group) is 1. The molecule has 3 atom stereocenters. The van der Waals surface area contributed by atoms with Crippen LogP contribution < -0.4 is 16.0 Å². The minimum Gasteiger partial charge on any atom is -0.466 e. The van der Waals surface area contributed by atoms with E-state index in [0.717, 1.165) is 57.9 Å². The third-order valence-electron chi connectivity index (χ3n) is 8.30. The van der Waals surface area contributed by atoms with E-state index in [2.05, 4.69) is 34.7 Å². The Morgan fingerprint density at radius 1 is 0.971 bits per heavy atom. The van der Waals surface area contributed by atoms with Gasteiger partial charge in [0, 0.05) is 32.8 Å². The number of rotatable bonds is 12. The van der Waals surface area contributed by atoms with Crippen molar-refractivity contribution in [3.05, 3.63) is 0 Å². The first-order valence-electron chi connectivity index (χ1n) is 13.8. The van der Waals surface area contributed by atoms with E-state index in [1.54, 1.807) is 0 Å². The average Bonchev–Trinajstić information content (AvgIpc) is 2.88. The fourth-order valence-corrected chi connectivity index (χ4v) is 6.03. The third-order valence-corrected chi connectivity index (χ3v) is 8.30. The molecule has 3 fully saturated rings. The first kappa shape index (κ1) is 27.8. The highest BCUT2D eigenvalue weighted by Crippen LogP contribution is 2.32. The summed E-state index contributed by atoms with van der Waals surface area (Å²) in [7, 11) is 1.84. The lowest BCUT2D eigenvalue weighted by Crippen LogP contribution is -2.63. The summed E-state index contributed by atoms with van der Waals surface area (Å²) < 4.78 is 17.2. The number of carbonyl (C=O) groups excluding carboxylic acids is 1. The molecule has 0 amide bonds. The van der Waals surface area contributed by atoms with Crippen molar-refractivity contribution in [3.8, 4) is 0 Å². The second kappa shape index (κ2) is 14.7. The van der Waals surface area contributed by atoms with Crippen molar-refractivity contribution in [2.24, 2.45) is 17.8 Å². The molecule has 0 spiro atoms. The summed E-state index contributed by atoms with van der Waals surface area (Å²) in [6, 6.07) is 0.274. The number of hydrogen-bond acceptors (Lipinski definition) is 8. The van der Waals surface area contributed by atoms with Gasteiger partial charge in [0.2, 0.25) is 0 Å². The largest absolute Gasteiger partial charge is 0.466 e. The number of nitrogens with zero attached hydrogens (tertiary/aromatic N) is 1. The molecule has 1 heterocycles. The van der Waals surface area contributed by atoms with E-state index >= 15 is 0 Å². The standard InChI is InChI=1S/C26H50N4O4/c1-5-30(6-2)14-15-34-24-13-10-21(16-23(24)25(31)33-7-3)29-26-27-17-20(18-28-26)19-8-11-22(32-4)12-9-19/h19-24,26-29H,5-18H2,1-4H3. The zero-order valence-corrected chi connectivity index (χ0v) is 22.0. The molecule has 1 saturated heterocycles. The highest BCUT2D eigenvalue weighted by Gasteiger charge is 2.38. The summed E-state index contributed by atoms with van der Waals surface area (Å²) in [5, 5.41) is 11.1. The SMILES string of the molecule is CCOC(=O)C1CC(NC2NCC(C3CCC(OC)CC3)CN2)CCC1OCCN(CC)CC. The lowest BCUT2D eigenvalue weighted by molar-refractivity contribution is -0.157. The fourth-order valence-electron chi connectivity index (χ4n) is 6.03. The summed E-state index contributed by atoms with van der Waals surface area (Å²) in [6.45, 7) is 12.3. The van der Waals surface area contributed by atoms with Gasteiger partial charge in [-0.3, -0.25) is 20.7 Å². The molecule has 8 nitrogen and oxygen atoms in total. The summed E-state index contributed by atoms with van der Waals surface area (Å²) in [5.74, 6) is 1.15. The normalized spacial score (nSPS) is 34.8. The summed E-state index contributed by atoms with van der Waals surface area (Å²) >= 11 is 0. The van der Waals surface area contributed by atoms with Gasteiger partial charge in [0.15, 0.2) is 0 Å². The Bertz CT molecular complexity index is 575. The van der Waals surface area contributed by atoms with Gasteiger partial charge in [0.25, 0.3) is 0 Å². The first-order valence-corrected chi connectivity index (χ1v) is 13.8. The molecule has 0 aromatic heterocycles. The van der Waals surface area contributed by atoms with Crippen molar-refractivity contribution >= 4 is 5.97 Å².